The molecular weight excluding hydrogens is 1420 g/mol. The van der Waals surface area contributed by atoms with E-state index in [-0.39, 0.29) is 120 Å². The third-order valence-electron chi connectivity index (χ3n) is 13.6. The molecule has 3 aromatic rings. The fraction of sp³-hybridized carbons (Fsp3) is 0.641. The summed E-state index contributed by atoms with van der Waals surface area (Å²) >= 11 is 4.74. The summed E-state index contributed by atoms with van der Waals surface area (Å²) in [7, 11) is 0.628. The second kappa shape index (κ2) is 53.9. The van der Waals surface area contributed by atoms with E-state index in [0.717, 1.165) is 65.2 Å². The van der Waals surface area contributed by atoms with Crippen LogP contribution < -0.4 is 16.4 Å². The Balaban J connectivity index is -0.000000338. The van der Waals surface area contributed by atoms with Crippen LogP contribution in [0.4, 0.5) is 0 Å². The molecule has 3 heterocycles. The second-order valence-corrected chi connectivity index (χ2v) is 31.5. The van der Waals surface area contributed by atoms with Crippen molar-refractivity contribution in [2.24, 2.45) is 5.73 Å². The molecule has 8 unspecified atom stereocenters. The molecule has 479 valence electrons. The van der Waals surface area contributed by atoms with Crippen LogP contribution in [0.2, 0.25) is 0 Å². The van der Waals surface area contributed by atoms with E-state index < -0.39 is 0 Å². The number of piperazine rings is 3. The molecule has 19 heteroatoms. The predicted octanol–water partition coefficient (Wildman–Crippen LogP) is 12.2. The summed E-state index contributed by atoms with van der Waals surface area (Å²) in [6.07, 6.45) is 1.59. The third kappa shape index (κ3) is 36.0. The van der Waals surface area contributed by atoms with Gasteiger partial charge in [0.15, 0.2) is 0 Å². The van der Waals surface area contributed by atoms with E-state index in [2.05, 4.69) is 180 Å². The molecule has 3 aliphatic rings. The average Bonchev–Trinajstić information content (AvgIpc) is 3.50. The molecule has 83 heavy (non-hydrogen) atoms. The van der Waals surface area contributed by atoms with Crippen molar-refractivity contribution in [3.05, 3.63) is 108 Å². The van der Waals surface area contributed by atoms with Gasteiger partial charge in [-0.05, 0) is 79.0 Å². The maximum absolute atomic E-state index is 12.7. The van der Waals surface area contributed by atoms with E-state index in [1.54, 1.807) is 6.92 Å². The summed E-state index contributed by atoms with van der Waals surface area (Å²) in [5, 5.41) is 6.28. The van der Waals surface area contributed by atoms with E-state index in [1.165, 1.54) is 16.7 Å². The standard InChI is InChI=1S/C21H33N3O3.C19H29N3O2.C15H23N3O.3C2H6.3CH4.3HI.V/c1-5-27-21(26)11-16(2)22-12-20(25)24-14-17(3)23(13-18(24)4)15-19-9-7-6-8-10-19;1-15(9-10-23)20-11-19(24)22-13-16(2)21(12-17(22)3)14-18-7-5-4-6-8-18;1-12-10-18(15(19)8-16)13(2)9-17(12)11-14-6-4-3-5-7-14;3*1-2;;;;;;;/h6-10,16-18,22H,5,11-15H2,1-4H3;4-8,10,15-17,20H,9,11-14H2,1-3H3;3-7,12-13H,8-11,16H2,1-2H3;3*1-2H3;3*1H4;3*1H;/q;;;;;;;;;;;;+2/p-2. The van der Waals surface area contributed by atoms with E-state index in [1.807, 2.05) is 88.3 Å². The van der Waals surface area contributed by atoms with Crippen molar-refractivity contribution in [2.45, 2.75) is 207 Å². The first-order valence-electron chi connectivity index (χ1n) is 28.8. The van der Waals surface area contributed by atoms with E-state index in [0.29, 0.717) is 47.2 Å². The van der Waals surface area contributed by atoms with Crippen LogP contribution in [-0.4, -0.2) is 173 Å². The zero-order valence-electron chi connectivity index (χ0n) is 51.3. The van der Waals surface area contributed by atoms with Gasteiger partial charge in [-0.2, -0.15) is 0 Å². The van der Waals surface area contributed by atoms with Crippen LogP contribution in [0.5, 0.6) is 0 Å². The number of hydrogen-bond donors (Lipinski definition) is 3. The number of nitrogens with one attached hydrogen (secondary N) is 2. The summed E-state index contributed by atoms with van der Waals surface area (Å²) in [6.45, 7) is 39.1. The number of halogens is 3. The number of amides is 3. The van der Waals surface area contributed by atoms with Crippen molar-refractivity contribution < 1.29 is 38.2 Å². The Morgan fingerprint density at radius 3 is 1.12 bits per heavy atom. The molecule has 15 nitrogen and oxygen atoms in total. The Bertz CT molecular complexity index is 2060. The van der Waals surface area contributed by atoms with Gasteiger partial charge in [0.1, 0.15) is 6.29 Å². The topological polar surface area (TPSA) is 164 Å². The van der Waals surface area contributed by atoms with Gasteiger partial charge in [0.05, 0.1) is 32.7 Å². The van der Waals surface area contributed by atoms with Crippen molar-refractivity contribution in [1.29, 1.82) is 0 Å². The van der Waals surface area contributed by atoms with Crippen molar-refractivity contribution in [2.75, 3.05) is 65.5 Å². The normalized spacial score (nSPS) is 19.7. The number of esters is 1. The first-order chi connectivity index (χ1) is 37.9. The summed E-state index contributed by atoms with van der Waals surface area (Å²) in [4.78, 5) is 72.1. The predicted molar refractivity (Wildman–Crippen MR) is 376 cm³/mol. The number of hydrogen-bond acceptors (Lipinski definition) is 12. The van der Waals surface area contributed by atoms with Crippen molar-refractivity contribution in [3.63, 3.8) is 0 Å². The Kier molecular flexibility index (Phi) is 58.2. The van der Waals surface area contributed by atoms with E-state index >= 15 is 0 Å². The average molecular weight is 1540 g/mol. The number of nitrogens with zero attached hydrogens (tertiary/aromatic N) is 6. The molecule has 0 aromatic heterocycles. The molecule has 8 atom stereocenters. The minimum absolute atomic E-state index is 0. The maximum atomic E-state index is 12.7. The Labute approximate surface area is 553 Å². The van der Waals surface area contributed by atoms with Crippen molar-refractivity contribution >= 4 is 93.9 Å². The van der Waals surface area contributed by atoms with Crippen LogP contribution in [0.3, 0.4) is 0 Å². The summed E-state index contributed by atoms with van der Waals surface area (Å²) in [5.41, 5.74) is 9.39. The number of aldehydes is 1. The van der Waals surface area contributed by atoms with Gasteiger partial charge in [-0.25, -0.2) is 0 Å². The summed E-state index contributed by atoms with van der Waals surface area (Å²) in [5.74, 6) is 0.0241. The zero-order valence-corrected chi connectivity index (χ0v) is 59.3. The first-order valence-corrected chi connectivity index (χ1v) is 37.9. The van der Waals surface area contributed by atoms with E-state index in [9.17, 15) is 24.0 Å². The zero-order chi connectivity index (χ0) is 59.9. The van der Waals surface area contributed by atoms with Gasteiger partial charge in [-0.15, -0.1) is 24.0 Å². The van der Waals surface area contributed by atoms with Crippen molar-refractivity contribution in [3.8, 4) is 0 Å². The molecule has 3 fully saturated rings. The molecule has 0 spiro atoms. The summed E-state index contributed by atoms with van der Waals surface area (Å²) in [6, 6.07) is 32.9. The fourth-order valence-corrected chi connectivity index (χ4v) is 9.36. The van der Waals surface area contributed by atoms with Gasteiger partial charge < -0.3 is 40.6 Å². The number of benzene rings is 3. The molecule has 3 saturated heterocycles. The van der Waals surface area contributed by atoms with Crippen LogP contribution in [0.25, 0.3) is 0 Å². The number of nitrogens with two attached hydrogens (primary N) is 1. The second-order valence-electron chi connectivity index (χ2n) is 19.7. The van der Waals surface area contributed by atoms with Gasteiger partial charge in [0.25, 0.3) is 0 Å². The van der Waals surface area contributed by atoms with Gasteiger partial charge in [0, 0.05) is 114 Å². The minimum atomic E-state index is -0.235. The van der Waals surface area contributed by atoms with Crippen LogP contribution in [0, 0.1) is 0 Å². The van der Waals surface area contributed by atoms with Gasteiger partial charge in [-0.1, -0.05) is 155 Å². The van der Waals surface area contributed by atoms with Crippen LogP contribution in [0.15, 0.2) is 91.0 Å². The third-order valence-corrected chi connectivity index (χ3v) is 13.6. The molecule has 3 amide bonds. The Morgan fingerprint density at radius 1 is 0.554 bits per heavy atom. The van der Waals surface area contributed by atoms with Gasteiger partial charge >= 0.3 is 55.4 Å². The molecule has 6 rings (SSSR count). The molecule has 0 bridgehead atoms. The number of rotatable bonds is 18. The van der Waals surface area contributed by atoms with Crippen LogP contribution in [0.1, 0.15) is 156 Å². The van der Waals surface area contributed by atoms with Crippen LogP contribution >= 0.6 is 63.9 Å². The SMILES string of the molecule is C.C.C.CC.CC.CC.CC(CC=O)NCC(=O)N1CC(C)N(Cc2ccccc2)CC1C.CC1CN(C(=O)CN)C(C)CN1Cc1ccccc1.CCOC(=O)CC(C)NCC(=O)N1CC(C)N(Cc2ccccc2)CC1C.I.[I][V][I]. The molecule has 3 aliphatic heterocycles. The van der Waals surface area contributed by atoms with Crippen molar-refractivity contribution in [1.82, 2.24) is 40.0 Å². The van der Waals surface area contributed by atoms with Crippen LogP contribution in [-0.2, 0) is 57.8 Å². The molecule has 4 N–H and O–H groups in total. The monoisotopic (exact) mass is 1540 g/mol. The number of carbonyl (C=O) groups is 5. The first kappa shape index (κ1) is 89.5. The molecule has 0 radical (unpaired) electrons. The number of carbonyl (C=O) groups excluding carboxylic acids is 5. The molecule has 3 aromatic carbocycles. The number of ether oxygens (including phenoxy) is 1. The summed E-state index contributed by atoms with van der Waals surface area (Å²) < 4.78 is 4.95. The molecule has 0 saturated carbocycles. The van der Waals surface area contributed by atoms with E-state index in [4.69, 9.17) is 10.5 Å². The Hall–Kier alpha value is -2.26. The fourth-order valence-electron chi connectivity index (χ4n) is 9.36. The van der Waals surface area contributed by atoms with Gasteiger partial charge in [-0.3, -0.25) is 33.9 Å². The molecule has 0 aliphatic carbocycles. The Morgan fingerprint density at radius 2 is 0.843 bits per heavy atom. The molecular formula is C64H116I3N9O6V. The quantitative estimate of drug-likeness (QED) is 0.0628. The van der Waals surface area contributed by atoms with Gasteiger partial charge in [0.2, 0.25) is 17.7 Å².